The van der Waals surface area contributed by atoms with E-state index in [0.717, 1.165) is 78.4 Å². The standard InChI is InChI=1S/C22H36N4O2/c1-20(24-12-6-10-23(13-14-24)11-7-19-28-2)22(27)26-17-15-25(16-18-26)21-8-4-3-5-9-21/h3-5,8-9,20H,6-7,10-19H2,1-2H3. The number of benzene rings is 1. The molecule has 1 unspecified atom stereocenters. The summed E-state index contributed by atoms with van der Waals surface area (Å²) in [5, 5.41) is 0. The molecule has 0 aliphatic carbocycles. The first-order valence-electron chi connectivity index (χ1n) is 10.7. The smallest absolute Gasteiger partial charge is 0.239 e. The van der Waals surface area contributed by atoms with Gasteiger partial charge in [0.15, 0.2) is 0 Å². The van der Waals surface area contributed by atoms with Crippen molar-refractivity contribution in [2.24, 2.45) is 0 Å². The van der Waals surface area contributed by atoms with Gasteiger partial charge in [-0.1, -0.05) is 18.2 Å². The van der Waals surface area contributed by atoms with E-state index in [1.54, 1.807) is 7.11 Å². The second-order valence-corrected chi connectivity index (χ2v) is 7.90. The molecule has 156 valence electrons. The maximum Gasteiger partial charge on any atom is 0.239 e. The fourth-order valence-electron chi connectivity index (χ4n) is 4.28. The summed E-state index contributed by atoms with van der Waals surface area (Å²) < 4.78 is 5.17. The summed E-state index contributed by atoms with van der Waals surface area (Å²) in [6.07, 6.45) is 2.21. The van der Waals surface area contributed by atoms with Crippen LogP contribution in [0.25, 0.3) is 0 Å². The van der Waals surface area contributed by atoms with Crippen LogP contribution in [0.3, 0.4) is 0 Å². The van der Waals surface area contributed by atoms with Gasteiger partial charge < -0.3 is 19.4 Å². The van der Waals surface area contributed by atoms with Gasteiger partial charge in [0.2, 0.25) is 5.91 Å². The summed E-state index contributed by atoms with van der Waals surface area (Å²) in [7, 11) is 1.76. The lowest BCUT2D eigenvalue weighted by molar-refractivity contribution is -0.136. The molecule has 2 fully saturated rings. The average molecular weight is 389 g/mol. The number of ether oxygens (including phenoxy) is 1. The Morgan fingerprint density at radius 1 is 1.00 bits per heavy atom. The number of hydrogen-bond donors (Lipinski definition) is 0. The van der Waals surface area contributed by atoms with Crippen LogP contribution in [0.4, 0.5) is 5.69 Å². The third-order valence-electron chi connectivity index (χ3n) is 6.06. The number of carbonyl (C=O) groups excluding carboxylic acids is 1. The number of hydrogen-bond acceptors (Lipinski definition) is 5. The van der Waals surface area contributed by atoms with Crippen molar-refractivity contribution in [3.05, 3.63) is 30.3 Å². The molecule has 1 atom stereocenters. The van der Waals surface area contributed by atoms with E-state index < -0.39 is 0 Å². The van der Waals surface area contributed by atoms with Gasteiger partial charge in [-0.15, -0.1) is 0 Å². The van der Waals surface area contributed by atoms with Gasteiger partial charge in [-0.3, -0.25) is 9.69 Å². The molecule has 2 saturated heterocycles. The Kier molecular flexibility index (Phi) is 8.13. The molecular formula is C22H36N4O2. The van der Waals surface area contributed by atoms with E-state index in [1.165, 1.54) is 5.69 Å². The van der Waals surface area contributed by atoms with Gasteiger partial charge in [0, 0.05) is 71.8 Å². The summed E-state index contributed by atoms with van der Waals surface area (Å²) in [5.41, 5.74) is 1.25. The van der Waals surface area contributed by atoms with Crippen molar-refractivity contribution in [2.75, 3.05) is 77.5 Å². The van der Waals surface area contributed by atoms with Crippen LogP contribution in [0.5, 0.6) is 0 Å². The topological polar surface area (TPSA) is 39.3 Å². The van der Waals surface area contributed by atoms with Crippen LogP contribution >= 0.6 is 0 Å². The van der Waals surface area contributed by atoms with Crippen molar-refractivity contribution in [2.45, 2.75) is 25.8 Å². The summed E-state index contributed by atoms with van der Waals surface area (Å²) in [6, 6.07) is 10.5. The molecule has 2 aliphatic heterocycles. The molecule has 1 amide bonds. The zero-order chi connectivity index (χ0) is 19.8. The lowest BCUT2D eigenvalue weighted by Crippen LogP contribution is -2.54. The first-order chi connectivity index (χ1) is 13.7. The van der Waals surface area contributed by atoms with E-state index in [-0.39, 0.29) is 6.04 Å². The minimum Gasteiger partial charge on any atom is -0.385 e. The zero-order valence-electron chi connectivity index (χ0n) is 17.6. The number of amides is 1. The van der Waals surface area contributed by atoms with Crippen LogP contribution < -0.4 is 4.90 Å². The van der Waals surface area contributed by atoms with E-state index in [9.17, 15) is 4.79 Å². The van der Waals surface area contributed by atoms with Crippen LogP contribution in [0, 0.1) is 0 Å². The summed E-state index contributed by atoms with van der Waals surface area (Å²) in [6.45, 7) is 11.6. The van der Waals surface area contributed by atoms with Crippen LogP contribution in [-0.4, -0.2) is 99.3 Å². The molecule has 1 aromatic rings. The average Bonchev–Trinajstić information content (AvgIpc) is 2.99. The largest absolute Gasteiger partial charge is 0.385 e. The molecule has 6 heteroatoms. The number of piperazine rings is 1. The molecule has 2 aliphatic rings. The third-order valence-corrected chi connectivity index (χ3v) is 6.06. The van der Waals surface area contributed by atoms with Crippen LogP contribution in [0.2, 0.25) is 0 Å². The van der Waals surface area contributed by atoms with Gasteiger partial charge in [-0.25, -0.2) is 0 Å². The van der Waals surface area contributed by atoms with E-state index in [4.69, 9.17) is 4.74 Å². The van der Waals surface area contributed by atoms with Gasteiger partial charge in [-0.05, 0) is 38.4 Å². The molecule has 1 aromatic carbocycles. The minimum atomic E-state index is -0.0257. The molecule has 0 bridgehead atoms. The van der Waals surface area contributed by atoms with Crippen LogP contribution in [-0.2, 0) is 9.53 Å². The fraction of sp³-hybridized carbons (Fsp3) is 0.682. The molecule has 28 heavy (non-hydrogen) atoms. The van der Waals surface area contributed by atoms with E-state index >= 15 is 0 Å². The van der Waals surface area contributed by atoms with E-state index in [2.05, 4.69) is 50.8 Å². The fourth-order valence-corrected chi connectivity index (χ4v) is 4.28. The number of para-hydroxylation sites is 1. The molecule has 3 rings (SSSR count). The molecular weight excluding hydrogens is 352 g/mol. The molecule has 6 nitrogen and oxygen atoms in total. The molecule has 0 radical (unpaired) electrons. The maximum absolute atomic E-state index is 13.1. The van der Waals surface area contributed by atoms with Gasteiger partial charge >= 0.3 is 0 Å². The first-order valence-corrected chi connectivity index (χ1v) is 10.7. The quantitative estimate of drug-likeness (QED) is 0.666. The number of anilines is 1. The second kappa shape index (κ2) is 10.8. The highest BCUT2D eigenvalue weighted by atomic mass is 16.5. The van der Waals surface area contributed by atoms with Crippen molar-refractivity contribution in [3.8, 4) is 0 Å². The molecule has 0 spiro atoms. The normalized spacial score (nSPS) is 20.8. The highest BCUT2D eigenvalue weighted by Gasteiger charge is 2.29. The number of rotatable bonds is 7. The van der Waals surface area contributed by atoms with Gasteiger partial charge in [0.25, 0.3) is 0 Å². The lowest BCUT2D eigenvalue weighted by Gasteiger charge is -2.39. The Bertz CT molecular complexity index is 589. The lowest BCUT2D eigenvalue weighted by atomic mass is 10.2. The zero-order valence-corrected chi connectivity index (χ0v) is 17.6. The molecule has 0 N–H and O–H groups in total. The Hall–Kier alpha value is -1.63. The highest BCUT2D eigenvalue weighted by Crippen LogP contribution is 2.17. The van der Waals surface area contributed by atoms with Crippen LogP contribution in [0.15, 0.2) is 30.3 Å². The van der Waals surface area contributed by atoms with Crippen molar-refractivity contribution in [3.63, 3.8) is 0 Å². The number of methoxy groups -OCH3 is 1. The van der Waals surface area contributed by atoms with Gasteiger partial charge in [0.05, 0.1) is 6.04 Å². The number of carbonyl (C=O) groups is 1. The highest BCUT2D eigenvalue weighted by molar-refractivity contribution is 5.81. The van der Waals surface area contributed by atoms with Crippen LogP contribution in [0.1, 0.15) is 19.8 Å². The number of nitrogens with zero attached hydrogens (tertiary/aromatic N) is 4. The Morgan fingerprint density at radius 3 is 2.46 bits per heavy atom. The van der Waals surface area contributed by atoms with Crippen molar-refractivity contribution < 1.29 is 9.53 Å². The molecule has 2 heterocycles. The summed E-state index contributed by atoms with van der Waals surface area (Å²) in [4.78, 5) is 22.4. The summed E-state index contributed by atoms with van der Waals surface area (Å²) in [5.74, 6) is 0.292. The predicted octanol–water partition coefficient (Wildman–Crippen LogP) is 1.77. The van der Waals surface area contributed by atoms with E-state index in [0.29, 0.717) is 5.91 Å². The van der Waals surface area contributed by atoms with Gasteiger partial charge in [-0.2, -0.15) is 0 Å². The Labute approximate surface area is 170 Å². The third kappa shape index (κ3) is 5.69. The maximum atomic E-state index is 13.1. The summed E-state index contributed by atoms with van der Waals surface area (Å²) >= 11 is 0. The van der Waals surface area contributed by atoms with Crippen molar-refractivity contribution >= 4 is 11.6 Å². The van der Waals surface area contributed by atoms with E-state index in [1.807, 2.05) is 6.07 Å². The predicted molar refractivity (Wildman–Crippen MR) is 114 cm³/mol. The van der Waals surface area contributed by atoms with Crippen molar-refractivity contribution in [1.82, 2.24) is 14.7 Å². The Balaban J connectivity index is 1.45. The van der Waals surface area contributed by atoms with Gasteiger partial charge in [0.1, 0.15) is 0 Å². The monoisotopic (exact) mass is 388 g/mol. The van der Waals surface area contributed by atoms with Crippen molar-refractivity contribution in [1.29, 1.82) is 0 Å². The molecule has 0 saturated carbocycles. The SMILES string of the molecule is COCCCN1CCCN(C(C)C(=O)N2CCN(c3ccccc3)CC2)CC1. The Morgan fingerprint density at radius 2 is 1.75 bits per heavy atom. The first kappa shape index (κ1) is 21.1. The second-order valence-electron chi connectivity index (χ2n) is 7.90. The minimum absolute atomic E-state index is 0.0257. The molecule has 0 aromatic heterocycles.